The Labute approximate surface area is 104 Å². The molecule has 0 aliphatic carbocycles. The van der Waals surface area contributed by atoms with Gasteiger partial charge in [0.15, 0.2) is 0 Å². The Kier molecular flexibility index (Phi) is 5.92. The molecule has 1 aliphatic heterocycles. The van der Waals surface area contributed by atoms with Gasteiger partial charge in [0.2, 0.25) is 5.91 Å². The monoisotopic (exact) mass is 242 g/mol. The molecule has 1 fully saturated rings. The predicted molar refractivity (Wildman–Crippen MR) is 68.9 cm³/mol. The highest BCUT2D eigenvalue weighted by atomic mass is 16.5. The molecular formula is C13H26N2O2. The molecule has 0 aromatic heterocycles. The van der Waals surface area contributed by atoms with Crippen molar-refractivity contribution in [3.63, 3.8) is 0 Å². The maximum atomic E-state index is 11.8. The van der Waals surface area contributed by atoms with Crippen LogP contribution in [0.3, 0.4) is 0 Å². The van der Waals surface area contributed by atoms with Gasteiger partial charge in [-0.25, -0.2) is 0 Å². The summed E-state index contributed by atoms with van der Waals surface area (Å²) < 4.78 is 5.29. The SMILES string of the molecule is CNCC(C)(C)CNC(=O)CC1CCOCC1. The molecule has 1 heterocycles. The van der Waals surface area contributed by atoms with E-state index in [1.807, 2.05) is 7.05 Å². The van der Waals surface area contributed by atoms with Crippen molar-refractivity contribution in [3.05, 3.63) is 0 Å². The minimum Gasteiger partial charge on any atom is -0.381 e. The Bertz CT molecular complexity index is 236. The van der Waals surface area contributed by atoms with Gasteiger partial charge in [-0.2, -0.15) is 0 Å². The summed E-state index contributed by atoms with van der Waals surface area (Å²) in [6.45, 7) is 7.56. The van der Waals surface area contributed by atoms with Gasteiger partial charge >= 0.3 is 0 Å². The molecule has 1 amide bonds. The van der Waals surface area contributed by atoms with E-state index in [1.165, 1.54) is 0 Å². The molecule has 0 saturated carbocycles. The highest BCUT2D eigenvalue weighted by Gasteiger charge is 2.20. The van der Waals surface area contributed by atoms with Crippen LogP contribution in [-0.2, 0) is 9.53 Å². The van der Waals surface area contributed by atoms with E-state index in [-0.39, 0.29) is 11.3 Å². The van der Waals surface area contributed by atoms with Crippen molar-refractivity contribution in [1.82, 2.24) is 10.6 Å². The number of ether oxygens (including phenoxy) is 1. The maximum Gasteiger partial charge on any atom is 0.220 e. The van der Waals surface area contributed by atoms with Crippen LogP contribution in [0.15, 0.2) is 0 Å². The fourth-order valence-corrected chi connectivity index (χ4v) is 2.16. The number of hydrogen-bond donors (Lipinski definition) is 2. The summed E-state index contributed by atoms with van der Waals surface area (Å²) in [5, 5.41) is 6.18. The quantitative estimate of drug-likeness (QED) is 0.735. The van der Waals surface area contributed by atoms with Crippen LogP contribution in [-0.4, -0.2) is 39.3 Å². The zero-order chi connectivity index (χ0) is 12.7. The van der Waals surface area contributed by atoms with Crippen LogP contribution in [0.4, 0.5) is 0 Å². The first-order chi connectivity index (χ1) is 8.03. The molecule has 4 heteroatoms. The molecule has 100 valence electrons. The van der Waals surface area contributed by atoms with Crippen molar-refractivity contribution in [1.29, 1.82) is 0 Å². The van der Waals surface area contributed by atoms with Crippen molar-refractivity contribution in [2.45, 2.75) is 33.1 Å². The molecule has 0 aromatic rings. The van der Waals surface area contributed by atoms with Crippen LogP contribution in [0.1, 0.15) is 33.1 Å². The summed E-state index contributed by atoms with van der Waals surface area (Å²) in [7, 11) is 1.94. The fourth-order valence-electron chi connectivity index (χ4n) is 2.16. The third-order valence-electron chi connectivity index (χ3n) is 3.23. The summed E-state index contributed by atoms with van der Waals surface area (Å²) in [6.07, 6.45) is 2.69. The molecule has 0 radical (unpaired) electrons. The Morgan fingerprint density at radius 3 is 2.53 bits per heavy atom. The van der Waals surface area contributed by atoms with Gasteiger partial charge in [-0.05, 0) is 31.2 Å². The molecule has 1 rings (SSSR count). The van der Waals surface area contributed by atoms with Gasteiger partial charge in [-0.15, -0.1) is 0 Å². The van der Waals surface area contributed by atoms with Crippen LogP contribution in [0.2, 0.25) is 0 Å². The summed E-state index contributed by atoms with van der Waals surface area (Å²) in [5.41, 5.74) is 0.111. The average Bonchev–Trinajstić information content (AvgIpc) is 2.28. The third-order valence-corrected chi connectivity index (χ3v) is 3.23. The molecule has 4 nitrogen and oxygen atoms in total. The van der Waals surface area contributed by atoms with Crippen molar-refractivity contribution in [2.75, 3.05) is 33.4 Å². The van der Waals surface area contributed by atoms with E-state index in [0.29, 0.717) is 12.3 Å². The number of rotatable bonds is 6. The Hall–Kier alpha value is -0.610. The highest BCUT2D eigenvalue weighted by Crippen LogP contribution is 2.18. The first-order valence-electron chi connectivity index (χ1n) is 6.52. The van der Waals surface area contributed by atoms with Gasteiger partial charge in [0.05, 0.1) is 0 Å². The standard InChI is InChI=1S/C13H26N2O2/c1-13(2,9-14-3)10-15-12(16)8-11-4-6-17-7-5-11/h11,14H,4-10H2,1-3H3,(H,15,16). The van der Waals surface area contributed by atoms with Gasteiger partial charge in [0.25, 0.3) is 0 Å². The molecule has 1 saturated heterocycles. The average molecular weight is 242 g/mol. The van der Waals surface area contributed by atoms with E-state index in [1.54, 1.807) is 0 Å². The summed E-state index contributed by atoms with van der Waals surface area (Å²) in [5.74, 6) is 0.692. The second-order valence-corrected chi connectivity index (χ2v) is 5.73. The second-order valence-electron chi connectivity index (χ2n) is 5.73. The van der Waals surface area contributed by atoms with E-state index in [2.05, 4.69) is 24.5 Å². The first-order valence-corrected chi connectivity index (χ1v) is 6.52. The number of hydrogen-bond acceptors (Lipinski definition) is 3. The van der Waals surface area contributed by atoms with Crippen LogP contribution < -0.4 is 10.6 Å². The summed E-state index contributed by atoms with van der Waals surface area (Å²) in [6, 6.07) is 0. The van der Waals surface area contributed by atoms with Crippen molar-refractivity contribution in [2.24, 2.45) is 11.3 Å². The molecule has 1 aliphatic rings. The van der Waals surface area contributed by atoms with E-state index < -0.39 is 0 Å². The second kappa shape index (κ2) is 6.97. The molecule has 0 spiro atoms. The summed E-state index contributed by atoms with van der Waals surface area (Å²) in [4.78, 5) is 11.8. The molecule has 0 bridgehead atoms. The molecule has 17 heavy (non-hydrogen) atoms. The van der Waals surface area contributed by atoms with Crippen molar-refractivity contribution < 1.29 is 9.53 Å². The Morgan fingerprint density at radius 1 is 1.29 bits per heavy atom. The lowest BCUT2D eigenvalue weighted by Crippen LogP contribution is -2.40. The van der Waals surface area contributed by atoms with Gasteiger partial charge < -0.3 is 15.4 Å². The first kappa shape index (κ1) is 14.5. The molecule has 0 atom stereocenters. The third kappa shape index (κ3) is 6.03. The predicted octanol–water partition coefficient (Wildman–Crippen LogP) is 1.16. The van der Waals surface area contributed by atoms with Gasteiger partial charge in [0.1, 0.15) is 0 Å². The topological polar surface area (TPSA) is 50.4 Å². The number of carbonyl (C=O) groups excluding carboxylic acids is 1. The van der Waals surface area contributed by atoms with E-state index in [4.69, 9.17) is 4.74 Å². The summed E-state index contributed by atoms with van der Waals surface area (Å²) >= 11 is 0. The fraction of sp³-hybridized carbons (Fsp3) is 0.923. The number of carbonyl (C=O) groups is 1. The normalized spacial score (nSPS) is 18.1. The maximum absolute atomic E-state index is 11.8. The molecular weight excluding hydrogens is 216 g/mol. The van der Waals surface area contributed by atoms with Crippen LogP contribution >= 0.6 is 0 Å². The Morgan fingerprint density at radius 2 is 1.94 bits per heavy atom. The van der Waals surface area contributed by atoms with Crippen LogP contribution in [0.5, 0.6) is 0 Å². The number of amides is 1. The van der Waals surface area contributed by atoms with Gasteiger partial charge in [-0.1, -0.05) is 13.8 Å². The van der Waals surface area contributed by atoms with Crippen LogP contribution in [0.25, 0.3) is 0 Å². The van der Waals surface area contributed by atoms with Gasteiger partial charge in [0, 0.05) is 32.7 Å². The molecule has 0 unspecified atom stereocenters. The lowest BCUT2D eigenvalue weighted by Gasteiger charge is -2.26. The zero-order valence-electron chi connectivity index (χ0n) is 11.3. The van der Waals surface area contributed by atoms with E-state index >= 15 is 0 Å². The lowest BCUT2D eigenvalue weighted by atomic mass is 9.92. The van der Waals surface area contributed by atoms with Crippen LogP contribution in [0, 0.1) is 11.3 Å². The van der Waals surface area contributed by atoms with E-state index in [9.17, 15) is 4.79 Å². The minimum atomic E-state index is 0.111. The highest BCUT2D eigenvalue weighted by molar-refractivity contribution is 5.76. The zero-order valence-corrected chi connectivity index (χ0v) is 11.3. The Balaban J connectivity index is 2.20. The smallest absolute Gasteiger partial charge is 0.220 e. The van der Waals surface area contributed by atoms with Crippen molar-refractivity contribution >= 4 is 5.91 Å². The van der Waals surface area contributed by atoms with Gasteiger partial charge in [-0.3, -0.25) is 4.79 Å². The van der Waals surface area contributed by atoms with Crippen molar-refractivity contribution in [3.8, 4) is 0 Å². The molecule has 0 aromatic carbocycles. The minimum absolute atomic E-state index is 0.111. The molecule has 2 N–H and O–H groups in total. The largest absolute Gasteiger partial charge is 0.381 e. The lowest BCUT2D eigenvalue weighted by molar-refractivity contribution is -0.123. The number of nitrogens with one attached hydrogen (secondary N) is 2. The van der Waals surface area contributed by atoms with E-state index in [0.717, 1.165) is 39.1 Å².